The van der Waals surface area contributed by atoms with Crippen LogP contribution in [0.25, 0.3) is 10.9 Å². The molecule has 38 heavy (non-hydrogen) atoms. The Morgan fingerprint density at radius 1 is 1.26 bits per heavy atom. The molecule has 1 saturated carbocycles. The van der Waals surface area contributed by atoms with Gasteiger partial charge in [-0.15, -0.1) is 0 Å². The number of likely N-dealkylation sites (tertiary alicyclic amines) is 1. The molecule has 1 aromatic heterocycles. The molecule has 5 N–H and O–H groups in total. The fraction of sp³-hybridized carbons (Fsp3) is 0.556. The van der Waals surface area contributed by atoms with Crippen molar-refractivity contribution in [3.8, 4) is 5.75 Å². The second kappa shape index (κ2) is 10.5. The van der Waals surface area contributed by atoms with Crippen LogP contribution in [0.1, 0.15) is 61.9 Å². The molecule has 0 radical (unpaired) electrons. The van der Waals surface area contributed by atoms with Gasteiger partial charge in [0.15, 0.2) is 0 Å². The molecule has 0 bridgehead atoms. The molecule has 204 valence electrons. The van der Waals surface area contributed by atoms with Crippen LogP contribution in [-0.2, 0) is 14.4 Å². The summed E-state index contributed by atoms with van der Waals surface area (Å²) >= 11 is 6.48. The first-order chi connectivity index (χ1) is 18.2. The summed E-state index contributed by atoms with van der Waals surface area (Å²) in [4.78, 5) is 56.6. The highest BCUT2D eigenvalue weighted by molar-refractivity contribution is 6.37. The van der Waals surface area contributed by atoms with Gasteiger partial charge in [-0.1, -0.05) is 30.9 Å². The van der Waals surface area contributed by atoms with E-state index in [2.05, 4.69) is 15.6 Å². The van der Waals surface area contributed by atoms with Gasteiger partial charge < -0.3 is 31.0 Å². The third kappa shape index (κ3) is 4.93. The molecular weight excluding hydrogens is 510 g/mol. The van der Waals surface area contributed by atoms with Gasteiger partial charge in [0.1, 0.15) is 23.5 Å². The van der Waals surface area contributed by atoms with Crippen LogP contribution in [0.15, 0.2) is 18.2 Å². The summed E-state index contributed by atoms with van der Waals surface area (Å²) in [5.41, 5.74) is 6.49. The van der Waals surface area contributed by atoms with Gasteiger partial charge in [0.2, 0.25) is 17.7 Å². The lowest BCUT2D eigenvalue weighted by Crippen LogP contribution is -2.53. The van der Waals surface area contributed by atoms with Crippen molar-refractivity contribution in [1.82, 2.24) is 20.5 Å². The Bertz CT molecular complexity index is 1270. The number of H-pyrrole nitrogens is 1. The Hall–Kier alpha value is -3.27. The van der Waals surface area contributed by atoms with E-state index in [0.29, 0.717) is 53.3 Å². The number of carbonyl (C=O) groups is 4. The Kier molecular flexibility index (Phi) is 7.26. The number of hydrogen-bond donors (Lipinski definition) is 4. The van der Waals surface area contributed by atoms with Crippen LogP contribution in [0.5, 0.6) is 5.75 Å². The summed E-state index contributed by atoms with van der Waals surface area (Å²) in [6.45, 7) is 0.999. The minimum Gasteiger partial charge on any atom is -0.495 e. The first kappa shape index (κ1) is 26.3. The van der Waals surface area contributed by atoms with Crippen LogP contribution in [-0.4, -0.2) is 65.8 Å². The van der Waals surface area contributed by atoms with Crippen molar-refractivity contribution in [1.29, 1.82) is 0 Å². The standard InChI is InChI=1S/C27H34ClN5O5/c1-38-21-6-5-17-16(22(21)28)12-19(31-17)26(37)33-14-27(8-3-2-4-9-27)13-20(33)25(36)32-18(23(29)34)11-15-7-10-30-24(15)35/h5-6,12,15,18,20,31H,2-4,7-11,13-14H2,1H3,(H2,29,34)(H,30,35)(H,32,36)/t15-,18-,20?/m0/s1. The van der Waals surface area contributed by atoms with Crippen LogP contribution in [0.3, 0.4) is 0 Å². The van der Waals surface area contributed by atoms with Gasteiger partial charge in [0.25, 0.3) is 5.91 Å². The number of carbonyl (C=O) groups excluding carboxylic acids is 4. The lowest BCUT2D eigenvalue weighted by molar-refractivity contribution is -0.131. The highest BCUT2D eigenvalue weighted by atomic mass is 35.5. The Balaban J connectivity index is 1.41. The molecule has 11 heteroatoms. The maximum atomic E-state index is 13.9. The number of methoxy groups -OCH3 is 1. The zero-order valence-electron chi connectivity index (χ0n) is 21.5. The fourth-order valence-electron chi connectivity index (χ4n) is 6.41. The molecule has 3 heterocycles. The number of aromatic amines is 1. The summed E-state index contributed by atoms with van der Waals surface area (Å²) in [5.74, 6) is -1.43. The molecule has 2 aliphatic heterocycles. The molecule has 1 unspecified atom stereocenters. The van der Waals surface area contributed by atoms with Crippen molar-refractivity contribution in [2.24, 2.45) is 17.1 Å². The summed E-state index contributed by atoms with van der Waals surface area (Å²) in [6.07, 6.45) is 6.38. The molecule has 5 rings (SSSR count). The maximum Gasteiger partial charge on any atom is 0.271 e. The van der Waals surface area contributed by atoms with Gasteiger partial charge in [-0.3, -0.25) is 19.2 Å². The SMILES string of the molecule is COc1ccc2[nH]c(C(=O)N3CC4(CCCCC4)CC3C(=O)N[C@@H](C[C@@H]3CCNC3=O)C(N)=O)cc2c1Cl. The Labute approximate surface area is 226 Å². The van der Waals surface area contributed by atoms with Crippen LogP contribution in [0, 0.1) is 11.3 Å². The first-order valence-corrected chi connectivity index (χ1v) is 13.6. The monoisotopic (exact) mass is 543 g/mol. The van der Waals surface area contributed by atoms with Crippen molar-refractivity contribution in [3.05, 3.63) is 28.9 Å². The molecule has 2 aromatic rings. The van der Waals surface area contributed by atoms with Gasteiger partial charge in [-0.2, -0.15) is 0 Å². The molecule has 3 fully saturated rings. The van der Waals surface area contributed by atoms with Gasteiger partial charge in [0, 0.05) is 29.9 Å². The number of benzene rings is 1. The highest BCUT2D eigenvalue weighted by Gasteiger charge is 2.49. The van der Waals surface area contributed by atoms with E-state index in [0.717, 1.165) is 32.1 Å². The normalized spacial score (nSPS) is 23.4. The number of halogens is 1. The number of nitrogens with one attached hydrogen (secondary N) is 3. The molecule has 1 aromatic carbocycles. The first-order valence-electron chi connectivity index (χ1n) is 13.2. The van der Waals surface area contributed by atoms with Gasteiger partial charge in [-0.05, 0) is 55.7 Å². The number of hydrogen-bond acceptors (Lipinski definition) is 5. The number of fused-ring (bicyclic) bond motifs is 1. The van der Waals surface area contributed by atoms with Crippen LogP contribution in [0.2, 0.25) is 5.02 Å². The lowest BCUT2D eigenvalue weighted by atomic mass is 9.72. The van der Waals surface area contributed by atoms with Crippen molar-refractivity contribution in [2.75, 3.05) is 20.2 Å². The zero-order valence-corrected chi connectivity index (χ0v) is 22.2. The molecule has 10 nitrogen and oxygen atoms in total. The predicted molar refractivity (Wildman–Crippen MR) is 142 cm³/mol. The summed E-state index contributed by atoms with van der Waals surface area (Å²) in [6, 6.07) is 3.47. The van der Waals surface area contributed by atoms with E-state index in [1.807, 2.05) is 0 Å². The number of amides is 4. The number of nitrogens with two attached hydrogens (primary N) is 1. The minimum absolute atomic E-state index is 0.140. The van der Waals surface area contributed by atoms with Crippen LogP contribution in [0.4, 0.5) is 0 Å². The van der Waals surface area contributed by atoms with E-state index in [1.54, 1.807) is 23.1 Å². The number of aromatic nitrogens is 1. The average Bonchev–Trinajstić information content (AvgIpc) is 3.61. The van der Waals surface area contributed by atoms with E-state index in [-0.39, 0.29) is 29.6 Å². The van der Waals surface area contributed by atoms with E-state index in [1.165, 1.54) is 7.11 Å². The van der Waals surface area contributed by atoms with Crippen LogP contribution >= 0.6 is 11.6 Å². The number of ether oxygens (including phenoxy) is 1. The fourth-order valence-corrected chi connectivity index (χ4v) is 6.71. The third-order valence-corrected chi connectivity index (χ3v) is 8.87. The molecule has 1 spiro atoms. The van der Waals surface area contributed by atoms with Gasteiger partial charge in [0.05, 0.1) is 12.1 Å². The number of primary amides is 1. The van der Waals surface area contributed by atoms with Crippen LogP contribution < -0.4 is 21.1 Å². The van der Waals surface area contributed by atoms with Crippen molar-refractivity contribution in [2.45, 2.75) is 63.5 Å². The largest absolute Gasteiger partial charge is 0.495 e. The molecule has 3 aliphatic rings. The van der Waals surface area contributed by atoms with E-state index < -0.39 is 23.9 Å². The molecule has 4 amide bonds. The minimum atomic E-state index is -0.990. The lowest BCUT2D eigenvalue weighted by Gasteiger charge is -2.32. The topological polar surface area (TPSA) is 147 Å². The summed E-state index contributed by atoms with van der Waals surface area (Å²) in [5, 5.41) is 6.59. The second-order valence-corrected chi connectivity index (χ2v) is 11.3. The average molecular weight is 544 g/mol. The summed E-state index contributed by atoms with van der Waals surface area (Å²) < 4.78 is 5.30. The van der Waals surface area contributed by atoms with Gasteiger partial charge in [-0.25, -0.2) is 0 Å². The molecule has 2 saturated heterocycles. The summed E-state index contributed by atoms with van der Waals surface area (Å²) in [7, 11) is 1.53. The van der Waals surface area contributed by atoms with Crippen molar-refractivity contribution in [3.63, 3.8) is 0 Å². The quantitative estimate of drug-likeness (QED) is 0.423. The van der Waals surface area contributed by atoms with Crippen molar-refractivity contribution < 1.29 is 23.9 Å². The van der Waals surface area contributed by atoms with E-state index in [9.17, 15) is 19.2 Å². The maximum absolute atomic E-state index is 13.9. The number of nitrogens with zero attached hydrogens (tertiary/aromatic N) is 1. The predicted octanol–water partition coefficient (Wildman–Crippen LogP) is 2.49. The van der Waals surface area contributed by atoms with E-state index in [4.69, 9.17) is 22.1 Å². The van der Waals surface area contributed by atoms with Crippen molar-refractivity contribution >= 4 is 46.1 Å². The number of rotatable bonds is 7. The molecule has 3 atom stereocenters. The zero-order chi connectivity index (χ0) is 27.0. The van der Waals surface area contributed by atoms with Gasteiger partial charge >= 0.3 is 0 Å². The molecular formula is C27H34ClN5O5. The highest BCUT2D eigenvalue weighted by Crippen LogP contribution is 2.47. The molecule has 1 aliphatic carbocycles. The Morgan fingerprint density at radius 3 is 2.68 bits per heavy atom. The Morgan fingerprint density at radius 2 is 2.03 bits per heavy atom. The third-order valence-electron chi connectivity index (χ3n) is 8.48. The van der Waals surface area contributed by atoms with E-state index >= 15 is 0 Å². The smallest absolute Gasteiger partial charge is 0.271 e. The second-order valence-electron chi connectivity index (χ2n) is 10.9.